The quantitative estimate of drug-likeness (QED) is 0.830. The van der Waals surface area contributed by atoms with Gasteiger partial charge in [0.1, 0.15) is 6.33 Å². The fourth-order valence-corrected chi connectivity index (χ4v) is 1.97. The monoisotopic (exact) mass is 273 g/mol. The zero-order valence-electron chi connectivity index (χ0n) is 12.0. The number of nitrogens with zero attached hydrogens (tertiary/aromatic N) is 5. The van der Waals surface area contributed by atoms with E-state index in [0.29, 0.717) is 13.0 Å². The highest BCUT2D eigenvalue weighted by Gasteiger charge is 2.18. The molecule has 2 aromatic heterocycles. The Hall–Kier alpha value is -2.24. The molecule has 20 heavy (non-hydrogen) atoms. The van der Waals surface area contributed by atoms with Crippen LogP contribution in [0, 0.1) is 6.92 Å². The summed E-state index contributed by atoms with van der Waals surface area (Å²) in [7, 11) is 1.80. The number of rotatable bonds is 5. The summed E-state index contributed by atoms with van der Waals surface area (Å²) in [6, 6.07) is 3.69. The van der Waals surface area contributed by atoms with Gasteiger partial charge in [-0.15, -0.1) is 0 Å². The van der Waals surface area contributed by atoms with Crippen molar-refractivity contribution in [2.24, 2.45) is 0 Å². The predicted octanol–water partition coefficient (Wildman–Crippen LogP) is 1.59. The zero-order valence-corrected chi connectivity index (χ0v) is 12.0. The predicted molar refractivity (Wildman–Crippen MR) is 74.8 cm³/mol. The molecule has 2 aromatic rings. The molecule has 0 radical (unpaired) electrons. The largest absolute Gasteiger partial charge is 0.337 e. The molecular formula is C14H19N5O. The lowest BCUT2D eigenvalue weighted by Crippen LogP contribution is -2.31. The molecule has 0 bridgehead atoms. The average molecular weight is 273 g/mol. The number of carbonyl (C=O) groups is 1. The van der Waals surface area contributed by atoms with Crippen molar-refractivity contribution in [3.63, 3.8) is 0 Å². The van der Waals surface area contributed by atoms with Crippen LogP contribution in [0.3, 0.4) is 0 Å². The third kappa shape index (κ3) is 3.20. The van der Waals surface area contributed by atoms with Gasteiger partial charge in [-0.05, 0) is 26.0 Å². The maximum atomic E-state index is 12.2. The van der Waals surface area contributed by atoms with Crippen molar-refractivity contribution in [1.82, 2.24) is 24.6 Å². The number of aromatic nitrogens is 4. The number of hydrogen-bond acceptors (Lipinski definition) is 4. The second-order valence-corrected chi connectivity index (χ2v) is 4.76. The van der Waals surface area contributed by atoms with Crippen molar-refractivity contribution in [2.45, 2.75) is 32.9 Å². The first kappa shape index (κ1) is 14.2. The summed E-state index contributed by atoms with van der Waals surface area (Å²) in [6.45, 7) is 4.53. The fraction of sp³-hybridized carbons (Fsp3) is 0.429. The van der Waals surface area contributed by atoms with Crippen LogP contribution in [0.25, 0.3) is 0 Å². The van der Waals surface area contributed by atoms with Crippen molar-refractivity contribution in [1.29, 1.82) is 0 Å². The molecule has 2 rings (SSSR count). The summed E-state index contributed by atoms with van der Waals surface area (Å²) < 4.78 is 1.83. The molecule has 1 amide bonds. The van der Waals surface area contributed by atoms with Gasteiger partial charge < -0.3 is 4.90 Å². The van der Waals surface area contributed by atoms with Gasteiger partial charge in [0.2, 0.25) is 5.91 Å². The summed E-state index contributed by atoms with van der Waals surface area (Å²) in [5, 5.41) is 4.18. The van der Waals surface area contributed by atoms with Crippen LogP contribution in [-0.2, 0) is 11.3 Å². The minimum atomic E-state index is -0.0655. The SMILES string of the molecule is Cc1ccnn1CCC(=O)N(C)C(C)c1ccncn1. The molecule has 0 aliphatic carbocycles. The summed E-state index contributed by atoms with van der Waals surface area (Å²) in [5.41, 5.74) is 1.90. The minimum absolute atomic E-state index is 0.0655. The van der Waals surface area contributed by atoms with Gasteiger partial charge in [-0.25, -0.2) is 9.97 Å². The van der Waals surface area contributed by atoms with Crippen molar-refractivity contribution in [2.75, 3.05) is 7.05 Å². The van der Waals surface area contributed by atoms with Crippen LogP contribution >= 0.6 is 0 Å². The van der Waals surface area contributed by atoms with Gasteiger partial charge in [-0.1, -0.05) is 0 Å². The highest BCUT2D eigenvalue weighted by Crippen LogP contribution is 2.16. The summed E-state index contributed by atoms with van der Waals surface area (Å²) in [6.07, 6.45) is 5.35. The van der Waals surface area contributed by atoms with Crippen LogP contribution in [0.4, 0.5) is 0 Å². The van der Waals surface area contributed by atoms with E-state index in [9.17, 15) is 4.79 Å². The molecule has 0 N–H and O–H groups in total. The number of carbonyl (C=O) groups excluding carboxylic acids is 1. The Labute approximate surface area is 118 Å². The maximum absolute atomic E-state index is 12.2. The van der Waals surface area contributed by atoms with E-state index in [0.717, 1.165) is 11.4 Å². The Morgan fingerprint density at radius 3 is 2.80 bits per heavy atom. The van der Waals surface area contributed by atoms with Gasteiger partial charge in [0, 0.05) is 38.1 Å². The van der Waals surface area contributed by atoms with Gasteiger partial charge in [-0.2, -0.15) is 5.10 Å². The molecule has 0 aliphatic rings. The molecular weight excluding hydrogens is 254 g/mol. The number of amides is 1. The van der Waals surface area contributed by atoms with Gasteiger partial charge >= 0.3 is 0 Å². The molecule has 0 spiro atoms. The molecule has 0 aliphatic heterocycles. The smallest absolute Gasteiger partial charge is 0.224 e. The first-order valence-corrected chi connectivity index (χ1v) is 6.59. The van der Waals surface area contributed by atoms with Crippen LogP contribution in [0.1, 0.15) is 30.8 Å². The number of hydrogen-bond donors (Lipinski definition) is 0. The highest BCUT2D eigenvalue weighted by molar-refractivity contribution is 5.76. The highest BCUT2D eigenvalue weighted by atomic mass is 16.2. The molecule has 0 saturated heterocycles. The molecule has 6 nitrogen and oxygen atoms in total. The lowest BCUT2D eigenvalue weighted by atomic mass is 10.2. The third-order valence-corrected chi connectivity index (χ3v) is 3.47. The van der Waals surface area contributed by atoms with Crippen LogP contribution < -0.4 is 0 Å². The lowest BCUT2D eigenvalue weighted by molar-refractivity contribution is -0.132. The van der Waals surface area contributed by atoms with Gasteiger partial charge in [0.25, 0.3) is 0 Å². The Balaban J connectivity index is 1.93. The van der Waals surface area contributed by atoms with E-state index >= 15 is 0 Å². The van der Waals surface area contributed by atoms with Crippen molar-refractivity contribution >= 4 is 5.91 Å². The van der Waals surface area contributed by atoms with E-state index in [2.05, 4.69) is 15.1 Å². The van der Waals surface area contributed by atoms with Gasteiger partial charge in [0.05, 0.1) is 11.7 Å². The third-order valence-electron chi connectivity index (χ3n) is 3.47. The summed E-state index contributed by atoms with van der Waals surface area (Å²) in [5.74, 6) is 0.0750. The second-order valence-electron chi connectivity index (χ2n) is 4.76. The Morgan fingerprint density at radius 2 is 2.20 bits per heavy atom. The topological polar surface area (TPSA) is 63.9 Å². The standard InChI is InChI=1S/C14H19N5O/c1-11-4-8-17-19(11)9-6-14(20)18(3)12(2)13-5-7-15-10-16-13/h4-5,7-8,10,12H,6,9H2,1-3H3. The molecule has 0 fully saturated rings. The first-order valence-electron chi connectivity index (χ1n) is 6.59. The molecule has 0 aromatic carbocycles. The van der Waals surface area contributed by atoms with E-state index in [1.165, 1.54) is 6.33 Å². The minimum Gasteiger partial charge on any atom is -0.337 e. The normalized spacial score (nSPS) is 12.2. The lowest BCUT2D eigenvalue weighted by Gasteiger charge is -2.24. The fourth-order valence-electron chi connectivity index (χ4n) is 1.97. The maximum Gasteiger partial charge on any atom is 0.224 e. The Morgan fingerprint density at radius 1 is 1.40 bits per heavy atom. The first-order chi connectivity index (χ1) is 9.59. The van der Waals surface area contributed by atoms with Crippen LogP contribution in [-0.4, -0.2) is 37.6 Å². The van der Waals surface area contributed by atoms with Crippen molar-refractivity contribution < 1.29 is 4.79 Å². The van der Waals surface area contributed by atoms with Crippen LogP contribution in [0.5, 0.6) is 0 Å². The molecule has 2 heterocycles. The van der Waals surface area contributed by atoms with Crippen LogP contribution in [0.2, 0.25) is 0 Å². The molecule has 1 atom stereocenters. The summed E-state index contributed by atoms with van der Waals surface area (Å²) in [4.78, 5) is 22.0. The zero-order chi connectivity index (χ0) is 14.5. The summed E-state index contributed by atoms with van der Waals surface area (Å²) >= 11 is 0. The second kappa shape index (κ2) is 6.27. The number of aryl methyl sites for hydroxylation is 2. The van der Waals surface area contributed by atoms with Crippen LogP contribution in [0.15, 0.2) is 30.9 Å². The van der Waals surface area contributed by atoms with E-state index in [-0.39, 0.29) is 11.9 Å². The van der Waals surface area contributed by atoms with Gasteiger partial charge in [-0.3, -0.25) is 9.48 Å². The molecule has 0 saturated carbocycles. The van der Waals surface area contributed by atoms with E-state index in [4.69, 9.17) is 0 Å². The average Bonchev–Trinajstić information content (AvgIpc) is 2.89. The molecule has 6 heteroatoms. The van der Waals surface area contributed by atoms with Gasteiger partial charge in [0.15, 0.2) is 0 Å². The van der Waals surface area contributed by atoms with E-state index < -0.39 is 0 Å². The molecule has 1 unspecified atom stereocenters. The van der Waals surface area contributed by atoms with Crippen molar-refractivity contribution in [3.8, 4) is 0 Å². The molecule has 106 valence electrons. The Bertz CT molecular complexity index is 566. The van der Waals surface area contributed by atoms with E-state index in [1.807, 2.05) is 30.7 Å². The van der Waals surface area contributed by atoms with E-state index in [1.54, 1.807) is 24.3 Å². The van der Waals surface area contributed by atoms with Crippen molar-refractivity contribution in [3.05, 3.63) is 42.2 Å². The Kier molecular flexibility index (Phi) is 4.45.